The molecule has 0 unspecified atom stereocenters. The summed E-state index contributed by atoms with van der Waals surface area (Å²) in [6.07, 6.45) is -2.88. The van der Waals surface area contributed by atoms with E-state index in [4.69, 9.17) is 16.3 Å². The average molecular weight is 339 g/mol. The number of benzene rings is 1. The number of ether oxygens (including phenoxy) is 2. The maximum atomic E-state index is 12.0. The SMILES string of the molecule is CSc1c(Cl)c(Oc2ccc(OC(F)(F)F)cc2)nn1C. The van der Waals surface area contributed by atoms with E-state index in [-0.39, 0.29) is 11.6 Å². The first-order valence-corrected chi connectivity index (χ1v) is 7.20. The van der Waals surface area contributed by atoms with Gasteiger partial charge in [0.1, 0.15) is 21.5 Å². The van der Waals surface area contributed by atoms with Crippen molar-refractivity contribution in [1.29, 1.82) is 0 Å². The Bertz CT molecular complexity index is 629. The van der Waals surface area contributed by atoms with Gasteiger partial charge >= 0.3 is 6.36 Å². The molecule has 0 fully saturated rings. The van der Waals surface area contributed by atoms with E-state index in [1.54, 1.807) is 11.7 Å². The van der Waals surface area contributed by atoms with E-state index in [1.807, 2.05) is 6.26 Å². The van der Waals surface area contributed by atoms with Gasteiger partial charge in [0.2, 0.25) is 0 Å². The average Bonchev–Trinajstić information content (AvgIpc) is 2.65. The molecule has 4 nitrogen and oxygen atoms in total. The van der Waals surface area contributed by atoms with Gasteiger partial charge in [-0.15, -0.1) is 30.0 Å². The van der Waals surface area contributed by atoms with Crippen molar-refractivity contribution in [2.45, 2.75) is 11.4 Å². The number of halogens is 4. The second-order valence-corrected chi connectivity index (χ2v) is 5.05. The fourth-order valence-electron chi connectivity index (χ4n) is 1.57. The zero-order valence-corrected chi connectivity index (χ0v) is 12.5. The zero-order valence-electron chi connectivity index (χ0n) is 10.9. The van der Waals surface area contributed by atoms with Crippen LogP contribution in [0.4, 0.5) is 13.2 Å². The summed E-state index contributed by atoms with van der Waals surface area (Å²) in [4.78, 5) is 0. The quantitative estimate of drug-likeness (QED) is 0.770. The van der Waals surface area contributed by atoms with E-state index in [0.717, 1.165) is 17.2 Å². The molecule has 0 radical (unpaired) electrons. The second kappa shape index (κ2) is 6.07. The summed E-state index contributed by atoms with van der Waals surface area (Å²) in [7, 11) is 1.71. The number of alkyl halides is 3. The van der Waals surface area contributed by atoms with Crippen LogP contribution in [0.25, 0.3) is 0 Å². The Hall–Kier alpha value is -1.54. The molecule has 0 saturated carbocycles. The molecule has 2 aromatic rings. The molecule has 0 aliphatic rings. The van der Waals surface area contributed by atoms with Crippen molar-refractivity contribution >= 4 is 23.4 Å². The minimum atomic E-state index is -4.72. The highest BCUT2D eigenvalue weighted by atomic mass is 35.5. The molecule has 9 heteroatoms. The molecular formula is C12H10ClF3N2O2S. The smallest absolute Gasteiger partial charge is 0.436 e. The van der Waals surface area contributed by atoms with Crippen LogP contribution in [0.5, 0.6) is 17.4 Å². The second-order valence-electron chi connectivity index (χ2n) is 3.87. The van der Waals surface area contributed by atoms with Gasteiger partial charge < -0.3 is 9.47 Å². The van der Waals surface area contributed by atoms with E-state index in [9.17, 15) is 13.2 Å². The zero-order chi connectivity index (χ0) is 15.6. The Balaban J connectivity index is 2.14. The molecule has 1 heterocycles. The third-order valence-corrected chi connectivity index (χ3v) is 3.68. The standard InChI is InChI=1S/C12H10ClF3N2O2S/c1-18-11(21-2)9(13)10(17-18)19-7-3-5-8(6-4-7)20-12(14,15)16/h3-6H,1-2H3. The predicted molar refractivity (Wildman–Crippen MR) is 73.2 cm³/mol. The third-order valence-electron chi connectivity index (χ3n) is 2.38. The van der Waals surface area contributed by atoms with E-state index in [0.29, 0.717) is 10.8 Å². The Kier molecular flexibility index (Phi) is 4.58. The van der Waals surface area contributed by atoms with Crippen LogP contribution in [0.3, 0.4) is 0 Å². The minimum Gasteiger partial charge on any atom is -0.436 e. The fourth-order valence-corrected chi connectivity index (χ4v) is 2.57. The summed E-state index contributed by atoms with van der Waals surface area (Å²) < 4.78 is 46.9. The summed E-state index contributed by atoms with van der Waals surface area (Å²) in [6.45, 7) is 0. The first-order valence-electron chi connectivity index (χ1n) is 5.60. The third kappa shape index (κ3) is 3.98. The first-order chi connectivity index (χ1) is 9.80. The highest BCUT2D eigenvalue weighted by Crippen LogP contribution is 2.36. The van der Waals surface area contributed by atoms with Gasteiger partial charge in [-0.1, -0.05) is 11.6 Å². The molecule has 0 bridgehead atoms. The first kappa shape index (κ1) is 15.8. The van der Waals surface area contributed by atoms with Crippen molar-refractivity contribution in [3.8, 4) is 17.4 Å². The summed E-state index contributed by atoms with van der Waals surface area (Å²) in [6, 6.07) is 4.97. The number of hydrogen-bond acceptors (Lipinski definition) is 4. The van der Waals surface area contributed by atoms with Gasteiger partial charge in [0, 0.05) is 7.05 Å². The number of aromatic nitrogens is 2. The van der Waals surface area contributed by atoms with Crippen LogP contribution in [-0.4, -0.2) is 22.4 Å². The Morgan fingerprint density at radius 2 is 1.76 bits per heavy atom. The van der Waals surface area contributed by atoms with Crippen LogP contribution in [0.15, 0.2) is 29.3 Å². The lowest BCUT2D eigenvalue weighted by molar-refractivity contribution is -0.274. The number of thioether (sulfide) groups is 1. The maximum absolute atomic E-state index is 12.0. The lowest BCUT2D eigenvalue weighted by Gasteiger charge is -2.09. The molecule has 0 aliphatic heterocycles. The van der Waals surface area contributed by atoms with Crippen LogP contribution in [0, 0.1) is 0 Å². The van der Waals surface area contributed by atoms with Gasteiger partial charge in [0.15, 0.2) is 0 Å². The van der Waals surface area contributed by atoms with Crippen molar-refractivity contribution in [2.24, 2.45) is 7.05 Å². The lowest BCUT2D eigenvalue weighted by atomic mass is 10.3. The fraction of sp³-hybridized carbons (Fsp3) is 0.250. The molecule has 1 aromatic heterocycles. The molecule has 0 saturated heterocycles. The number of rotatable bonds is 4. The molecule has 0 atom stereocenters. The molecule has 0 N–H and O–H groups in total. The van der Waals surface area contributed by atoms with E-state index in [1.165, 1.54) is 23.9 Å². The van der Waals surface area contributed by atoms with E-state index in [2.05, 4.69) is 9.84 Å². The minimum absolute atomic E-state index is 0.188. The number of nitrogens with zero attached hydrogens (tertiary/aromatic N) is 2. The van der Waals surface area contributed by atoms with Crippen molar-refractivity contribution in [3.05, 3.63) is 29.3 Å². The van der Waals surface area contributed by atoms with Gasteiger partial charge in [0.05, 0.1) is 0 Å². The number of hydrogen-bond donors (Lipinski definition) is 0. The van der Waals surface area contributed by atoms with Gasteiger partial charge in [-0.25, -0.2) is 0 Å². The largest absolute Gasteiger partial charge is 0.573 e. The van der Waals surface area contributed by atoms with E-state index < -0.39 is 6.36 Å². The van der Waals surface area contributed by atoms with Gasteiger partial charge in [-0.05, 0) is 30.5 Å². The van der Waals surface area contributed by atoms with Gasteiger partial charge in [-0.3, -0.25) is 4.68 Å². The van der Waals surface area contributed by atoms with Crippen molar-refractivity contribution in [3.63, 3.8) is 0 Å². The summed E-state index contributed by atoms with van der Waals surface area (Å²) >= 11 is 7.50. The Morgan fingerprint density at radius 3 is 2.24 bits per heavy atom. The molecule has 21 heavy (non-hydrogen) atoms. The molecule has 0 spiro atoms. The molecule has 114 valence electrons. The highest BCUT2D eigenvalue weighted by molar-refractivity contribution is 7.98. The Morgan fingerprint density at radius 1 is 1.19 bits per heavy atom. The van der Waals surface area contributed by atoms with Crippen molar-refractivity contribution in [2.75, 3.05) is 6.26 Å². The van der Waals surface area contributed by atoms with E-state index >= 15 is 0 Å². The van der Waals surface area contributed by atoms with Crippen molar-refractivity contribution < 1.29 is 22.6 Å². The van der Waals surface area contributed by atoms with Crippen LogP contribution >= 0.6 is 23.4 Å². The summed E-state index contributed by atoms with van der Waals surface area (Å²) in [5.74, 6) is 0.164. The van der Waals surface area contributed by atoms with Gasteiger partial charge in [-0.2, -0.15) is 0 Å². The normalized spacial score (nSPS) is 11.5. The molecule has 0 amide bonds. The summed E-state index contributed by atoms with van der Waals surface area (Å²) in [5, 5.41) is 5.16. The predicted octanol–water partition coefficient (Wildman–Crippen LogP) is 4.49. The molecular weight excluding hydrogens is 329 g/mol. The molecule has 2 rings (SSSR count). The maximum Gasteiger partial charge on any atom is 0.573 e. The molecule has 1 aromatic carbocycles. The van der Waals surface area contributed by atoms with Crippen LogP contribution in [0.1, 0.15) is 0 Å². The van der Waals surface area contributed by atoms with Gasteiger partial charge in [0.25, 0.3) is 5.88 Å². The topological polar surface area (TPSA) is 36.3 Å². The van der Waals surface area contributed by atoms with Crippen LogP contribution in [-0.2, 0) is 7.05 Å². The van der Waals surface area contributed by atoms with Crippen LogP contribution in [0.2, 0.25) is 5.02 Å². The highest BCUT2D eigenvalue weighted by Gasteiger charge is 2.31. The molecule has 0 aliphatic carbocycles. The van der Waals surface area contributed by atoms with Crippen molar-refractivity contribution in [1.82, 2.24) is 9.78 Å². The van der Waals surface area contributed by atoms with Crippen LogP contribution < -0.4 is 9.47 Å². The monoisotopic (exact) mass is 338 g/mol. The Labute approximate surface area is 127 Å². The number of aryl methyl sites for hydroxylation is 1. The lowest BCUT2D eigenvalue weighted by Crippen LogP contribution is -2.16. The summed E-state index contributed by atoms with van der Waals surface area (Å²) in [5.41, 5.74) is 0.